The first-order chi connectivity index (χ1) is 8.70. The molecule has 0 bridgehead atoms. The van der Waals surface area contributed by atoms with Crippen LogP contribution in [0.5, 0.6) is 5.75 Å². The number of anilines is 1. The molecule has 0 aliphatic rings. The van der Waals surface area contributed by atoms with Gasteiger partial charge in [-0.1, -0.05) is 6.07 Å². The van der Waals surface area contributed by atoms with Crippen molar-refractivity contribution in [2.24, 2.45) is 5.84 Å². The van der Waals surface area contributed by atoms with E-state index in [0.29, 0.717) is 11.5 Å². The van der Waals surface area contributed by atoms with Crippen LogP contribution in [0.1, 0.15) is 5.69 Å². The van der Waals surface area contributed by atoms with Crippen molar-refractivity contribution in [1.29, 1.82) is 0 Å². The fraction of sp³-hybridized carbons (Fsp3) is 0.0909. The Morgan fingerprint density at radius 1 is 1.22 bits per heavy atom. The number of nitrogens with two attached hydrogens (primary N) is 1. The Kier molecular flexibility index (Phi) is 3.63. The Balaban J connectivity index is 2.04. The van der Waals surface area contributed by atoms with Crippen molar-refractivity contribution in [2.75, 3.05) is 5.43 Å². The molecule has 1 heterocycles. The minimum Gasteiger partial charge on any atom is -0.484 e. The van der Waals surface area contributed by atoms with Gasteiger partial charge < -0.3 is 10.2 Å². The molecule has 0 saturated heterocycles. The highest BCUT2D eigenvalue weighted by atomic mass is 19.2. The summed E-state index contributed by atoms with van der Waals surface area (Å²) < 4.78 is 31.3. The van der Waals surface area contributed by atoms with Gasteiger partial charge in [0.05, 0.1) is 18.1 Å². The van der Waals surface area contributed by atoms with Gasteiger partial charge in [0.25, 0.3) is 0 Å². The summed E-state index contributed by atoms with van der Waals surface area (Å²) in [5.74, 6) is 3.38. The molecule has 5 nitrogen and oxygen atoms in total. The van der Waals surface area contributed by atoms with E-state index in [4.69, 9.17) is 10.6 Å². The Morgan fingerprint density at radius 3 is 2.72 bits per heavy atom. The highest BCUT2D eigenvalue weighted by Crippen LogP contribution is 2.19. The normalized spacial score (nSPS) is 10.2. The standard InChI is InChI=1S/C11H10F2N4O/c12-8-2-1-3-9(11(8)13)18-6-7-4-16-10(17-14)5-15-7/h1-5H,6,14H2,(H,16,17). The van der Waals surface area contributed by atoms with E-state index in [9.17, 15) is 8.78 Å². The number of aromatic nitrogens is 2. The Bertz CT molecular complexity index is 533. The third-order valence-electron chi connectivity index (χ3n) is 2.14. The van der Waals surface area contributed by atoms with Gasteiger partial charge in [0.15, 0.2) is 17.4 Å². The molecule has 0 saturated carbocycles. The molecule has 0 spiro atoms. The van der Waals surface area contributed by atoms with Crippen LogP contribution in [-0.4, -0.2) is 9.97 Å². The van der Waals surface area contributed by atoms with Crippen molar-refractivity contribution in [3.63, 3.8) is 0 Å². The van der Waals surface area contributed by atoms with Crippen molar-refractivity contribution in [3.05, 3.63) is 47.9 Å². The smallest absolute Gasteiger partial charge is 0.200 e. The number of benzene rings is 1. The van der Waals surface area contributed by atoms with Crippen LogP contribution in [0, 0.1) is 11.6 Å². The van der Waals surface area contributed by atoms with E-state index >= 15 is 0 Å². The van der Waals surface area contributed by atoms with Crippen molar-refractivity contribution in [2.45, 2.75) is 6.61 Å². The van der Waals surface area contributed by atoms with Gasteiger partial charge in [-0.2, -0.15) is 4.39 Å². The number of ether oxygens (including phenoxy) is 1. The van der Waals surface area contributed by atoms with Gasteiger partial charge in [-0.3, -0.25) is 4.98 Å². The third-order valence-corrected chi connectivity index (χ3v) is 2.14. The van der Waals surface area contributed by atoms with Crippen LogP contribution in [0.15, 0.2) is 30.6 Å². The lowest BCUT2D eigenvalue weighted by Crippen LogP contribution is -2.09. The molecule has 0 fully saturated rings. The molecule has 7 heteroatoms. The van der Waals surface area contributed by atoms with Gasteiger partial charge in [-0.25, -0.2) is 15.2 Å². The molecular formula is C11H10F2N4O. The first-order valence-electron chi connectivity index (χ1n) is 5.05. The molecule has 0 atom stereocenters. The van der Waals surface area contributed by atoms with Gasteiger partial charge in [0.2, 0.25) is 5.82 Å². The van der Waals surface area contributed by atoms with Crippen molar-refractivity contribution in [1.82, 2.24) is 9.97 Å². The van der Waals surface area contributed by atoms with Gasteiger partial charge in [0, 0.05) is 0 Å². The maximum Gasteiger partial charge on any atom is 0.200 e. The van der Waals surface area contributed by atoms with Crippen LogP contribution in [0.2, 0.25) is 0 Å². The maximum absolute atomic E-state index is 13.3. The molecule has 1 aromatic carbocycles. The number of nitrogens with zero attached hydrogens (tertiary/aromatic N) is 2. The summed E-state index contributed by atoms with van der Waals surface area (Å²) >= 11 is 0. The highest BCUT2D eigenvalue weighted by molar-refractivity contribution is 5.29. The fourth-order valence-electron chi connectivity index (χ4n) is 1.25. The predicted octanol–water partition coefficient (Wildman–Crippen LogP) is 1.62. The fourth-order valence-corrected chi connectivity index (χ4v) is 1.25. The molecule has 94 valence electrons. The molecule has 0 aliphatic carbocycles. The summed E-state index contributed by atoms with van der Waals surface area (Å²) in [6, 6.07) is 3.71. The van der Waals surface area contributed by atoms with E-state index in [1.54, 1.807) is 0 Å². The Labute approximate surface area is 102 Å². The second-order valence-corrected chi connectivity index (χ2v) is 3.38. The molecule has 18 heavy (non-hydrogen) atoms. The zero-order valence-corrected chi connectivity index (χ0v) is 9.23. The van der Waals surface area contributed by atoms with Crippen molar-refractivity contribution < 1.29 is 13.5 Å². The minimum atomic E-state index is -1.02. The van der Waals surface area contributed by atoms with Gasteiger partial charge in [-0.05, 0) is 12.1 Å². The number of halogens is 2. The molecule has 0 amide bonds. The van der Waals surface area contributed by atoms with E-state index in [1.807, 2.05) is 0 Å². The quantitative estimate of drug-likeness (QED) is 0.639. The molecule has 0 unspecified atom stereocenters. The van der Waals surface area contributed by atoms with Crippen molar-refractivity contribution >= 4 is 5.82 Å². The predicted molar refractivity (Wildman–Crippen MR) is 60.5 cm³/mol. The summed E-state index contributed by atoms with van der Waals surface area (Å²) in [6.45, 7) is -0.0157. The molecule has 1 aromatic heterocycles. The van der Waals surface area contributed by atoms with Crippen LogP contribution >= 0.6 is 0 Å². The average Bonchev–Trinajstić information content (AvgIpc) is 2.41. The first-order valence-corrected chi connectivity index (χ1v) is 5.05. The Hall–Kier alpha value is -2.28. The molecule has 0 radical (unpaired) electrons. The molecule has 2 rings (SSSR count). The number of hydrogen-bond donors (Lipinski definition) is 2. The number of rotatable bonds is 4. The average molecular weight is 252 g/mol. The lowest BCUT2D eigenvalue weighted by Gasteiger charge is -2.07. The van der Waals surface area contributed by atoms with Gasteiger partial charge in [0.1, 0.15) is 6.61 Å². The molecule has 0 aliphatic heterocycles. The maximum atomic E-state index is 13.3. The van der Waals surface area contributed by atoms with Crippen LogP contribution < -0.4 is 16.0 Å². The summed E-state index contributed by atoms with van der Waals surface area (Å²) in [7, 11) is 0. The van der Waals surface area contributed by atoms with Crippen LogP contribution in [-0.2, 0) is 6.61 Å². The molecular weight excluding hydrogens is 242 g/mol. The number of nitrogens with one attached hydrogen (secondary N) is 1. The number of hydrogen-bond acceptors (Lipinski definition) is 5. The summed E-state index contributed by atoms with van der Waals surface area (Å²) in [6.07, 6.45) is 2.83. The second-order valence-electron chi connectivity index (χ2n) is 3.38. The van der Waals surface area contributed by atoms with E-state index in [2.05, 4.69) is 15.4 Å². The van der Waals surface area contributed by atoms with Gasteiger partial charge >= 0.3 is 0 Å². The van der Waals surface area contributed by atoms with E-state index in [1.165, 1.54) is 24.5 Å². The lowest BCUT2D eigenvalue weighted by molar-refractivity contribution is 0.280. The Morgan fingerprint density at radius 2 is 2.06 bits per heavy atom. The lowest BCUT2D eigenvalue weighted by atomic mass is 10.3. The zero-order valence-electron chi connectivity index (χ0n) is 9.23. The monoisotopic (exact) mass is 252 g/mol. The van der Waals surface area contributed by atoms with Gasteiger partial charge in [-0.15, -0.1) is 0 Å². The van der Waals surface area contributed by atoms with Crippen LogP contribution in [0.4, 0.5) is 14.6 Å². The first kappa shape index (κ1) is 12.2. The number of nitrogen functional groups attached to an aromatic ring is 1. The van der Waals surface area contributed by atoms with Crippen LogP contribution in [0.3, 0.4) is 0 Å². The van der Waals surface area contributed by atoms with Crippen molar-refractivity contribution in [3.8, 4) is 5.75 Å². The van der Waals surface area contributed by atoms with E-state index < -0.39 is 11.6 Å². The zero-order chi connectivity index (χ0) is 13.0. The summed E-state index contributed by atoms with van der Waals surface area (Å²) in [4.78, 5) is 7.87. The summed E-state index contributed by atoms with van der Waals surface area (Å²) in [5.41, 5.74) is 2.79. The molecule has 3 N–H and O–H groups in total. The number of hydrazine groups is 1. The van der Waals surface area contributed by atoms with E-state index in [0.717, 1.165) is 6.07 Å². The highest BCUT2D eigenvalue weighted by Gasteiger charge is 2.09. The SMILES string of the molecule is NNc1cnc(COc2cccc(F)c2F)cn1. The van der Waals surface area contributed by atoms with Crippen LogP contribution in [0.25, 0.3) is 0 Å². The van der Waals surface area contributed by atoms with E-state index in [-0.39, 0.29) is 12.4 Å². The minimum absolute atomic E-state index is 0.0157. The third kappa shape index (κ3) is 2.69. The second kappa shape index (κ2) is 5.37. The topological polar surface area (TPSA) is 73.1 Å². The molecule has 2 aromatic rings. The largest absolute Gasteiger partial charge is 0.484 e. The summed E-state index contributed by atoms with van der Waals surface area (Å²) in [5, 5.41) is 0.